The molecule has 0 atom stereocenters. The first-order valence-electron chi connectivity index (χ1n) is 4.66. The van der Waals surface area contributed by atoms with Crippen molar-refractivity contribution in [3.63, 3.8) is 0 Å². The van der Waals surface area contributed by atoms with E-state index in [-0.39, 0.29) is 5.91 Å². The number of carboxylic acid groups (broad SMARTS) is 1. The summed E-state index contributed by atoms with van der Waals surface area (Å²) in [5.74, 6) is 2.42. The number of carboxylic acids is 1. The van der Waals surface area contributed by atoms with E-state index in [2.05, 4.69) is 11.2 Å². The molecule has 0 bridgehead atoms. The predicted molar refractivity (Wildman–Crippen MR) is 58.5 cm³/mol. The molecule has 2 N–H and O–H groups in total. The van der Waals surface area contributed by atoms with Gasteiger partial charge in [0.2, 0.25) is 5.91 Å². The third-order valence-corrected chi connectivity index (χ3v) is 3.17. The fourth-order valence-electron chi connectivity index (χ4n) is 1.20. The molecule has 0 saturated heterocycles. The zero-order chi connectivity index (χ0) is 11.3. The summed E-state index contributed by atoms with van der Waals surface area (Å²) in [6.07, 6.45) is 5.95. The van der Waals surface area contributed by atoms with Crippen molar-refractivity contribution in [2.75, 3.05) is 18.1 Å². The van der Waals surface area contributed by atoms with Crippen LogP contribution < -0.4 is 5.32 Å². The zero-order valence-corrected chi connectivity index (χ0v) is 9.10. The zero-order valence-electron chi connectivity index (χ0n) is 8.28. The molecule has 82 valence electrons. The summed E-state index contributed by atoms with van der Waals surface area (Å²) in [5, 5.41) is 11.4. The Hall–Kier alpha value is -1.15. The summed E-state index contributed by atoms with van der Waals surface area (Å²) in [5.41, 5.74) is -1.13. The highest BCUT2D eigenvalue weighted by Gasteiger charge is 2.56. The Morgan fingerprint density at radius 2 is 2.20 bits per heavy atom. The van der Waals surface area contributed by atoms with Crippen molar-refractivity contribution in [2.24, 2.45) is 5.41 Å². The van der Waals surface area contributed by atoms with Gasteiger partial charge in [0.1, 0.15) is 5.41 Å². The third-order valence-electron chi connectivity index (χ3n) is 2.31. The van der Waals surface area contributed by atoms with Crippen LogP contribution in [0.5, 0.6) is 0 Å². The first kappa shape index (κ1) is 11.9. The number of carbonyl (C=O) groups excluding carboxylic acids is 1. The summed E-state index contributed by atoms with van der Waals surface area (Å²) in [7, 11) is 0. The third kappa shape index (κ3) is 2.90. The number of carbonyl (C=O) groups is 2. The van der Waals surface area contributed by atoms with Gasteiger partial charge in [-0.3, -0.25) is 9.59 Å². The van der Waals surface area contributed by atoms with Crippen LogP contribution in [0.15, 0.2) is 0 Å². The van der Waals surface area contributed by atoms with Gasteiger partial charge in [0.15, 0.2) is 0 Å². The van der Waals surface area contributed by atoms with Crippen molar-refractivity contribution in [3.05, 3.63) is 0 Å². The minimum atomic E-state index is -1.13. The summed E-state index contributed by atoms with van der Waals surface area (Å²) >= 11 is 1.54. The van der Waals surface area contributed by atoms with E-state index in [1.54, 1.807) is 0 Å². The van der Waals surface area contributed by atoms with Crippen LogP contribution in [0.1, 0.15) is 12.8 Å². The quantitative estimate of drug-likeness (QED) is 0.390. The van der Waals surface area contributed by atoms with Gasteiger partial charge >= 0.3 is 5.97 Å². The highest BCUT2D eigenvalue weighted by atomic mass is 32.2. The van der Waals surface area contributed by atoms with Crippen LogP contribution in [0, 0.1) is 17.8 Å². The highest BCUT2D eigenvalue weighted by Crippen LogP contribution is 2.45. The Kier molecular flexibility index (Phi) is 4.04. The summed E-state index contributed by atoms with van der Waals surface area (Å²) in [6.45, 7) is 0.472. The van der Waals surface area contributed by atoms with Gasteiger partial charge < -0.3 is 10.4 Å². The summed E-state index contributed by atoms with van der Waals surface area (Å²) < 4.78 is 0. The number of terminal acetylenes is 1. The Labute approximate surface area is 92.8 Å². The van der Waals surface area contributed by atoms with E-state index in [1.807, 2.05) is 0 Å². The molecule has 1 aliphatic rings. The molecular formula is C10H13NO3S. The molecule has 0 aromatic carbocycles. The molecule has 1 saturated carbocycles. The van der Waals surface area contributed by atoms with E-state index in [1.165, 1.54) is 11.8 Å². The van der Waals surface area contributed by atoms with Crippen molar-refractivity contribution < 1.29 is 14.7 Å². The van der Waals surface area contributed by atoms with Crippen LogP contribution in [-0.2, 0) is 9.59 Å². The van der Waals surface area contributed by atoms with Crippen LogP contribution in [0.4, 0.5) is 0 Å². The maximum atomic E-state index is 11.5. The van der Waals surface area contributed by atoms with E-state index >= 15 is 0 Å². The molecule has 4 nitrogen and oxygen atoms in total. The van der Waals surface area contributed by atoms with Gasteiger partial charge in [0.05, 0.1) is 5.75 Å². The van der Waals surface area contributed by atoms with Gasteiger partial charge in [-0.2, -0.15) is 0 Å². The molecule has 0 aromatic heterocycles. The van der Waals surface area contributed by atoms with E-state index in [4.69, 9.17) is 11.5 Å². The molecule has 5 heteroatoms. The average molecular weight is 227 g/mol. The molecule has 0 radical (unpaired) electrons. The summed E-state index contributed by atoms with van der Waals surface area (Å²) in [6, 6.07) is 0. The lowest BCUT2D eigenvalue weighted by Gasteiger charge is -2.09. The normalized spacial score (nSPS) is 16.5. The first-order chi connectivity index (χ1) is 7.13. The molecule has 1 fully saturated rings. The molecular weight excluding hydrogens is 214 g/mol. The van der Waals surface area contributed by atoms with Crippen molar-refractivity contribution in [1.29, 1.82) is 0 Å². The fraction of sp³-hybridized carbons (Fsp3) is 0.600. The Morgan fingerprint density at radius 1 is 1.53 bits per heavy atom. The van der Waals surface area contributed by atoms with Gasteiger partial charge in [0, 0.05) is 12.3 Å². The highest BCUT2D eigenvalue weighted by molar-refractivity contribution is 7.99. The lowest BCUT2D eigenvalue weighted by Crippen LogP contribution is -2.38. The Bertz CT molecular complexity index is 304. The topological polar surface area (TPSA) is 66.4 Å². The van der Waals surface area contributed by atoms with Gasteiger partial charge in [-0.25, -0.2) is 0 Å². The Balaban J connectivity index is 2.20. The van der Waals surface area contributed by atoms with Crippen molar-refractivity contribution in [2.45, 2.75) is 12.8 Å². The van der Waals surface area contributed by atoms with Crippen LogP contribution in [0.3, 0.4) is 0 Å². The number of thioether (sulfide) groups is 1. The van der Waals surface area contributed by atoms with Crippen LogP contribution in [-0.4, -0.2) is 35.0 Å². The minimum Gasteiger partial charge on any atom is -0.480 e. The van der Waals surface area contributed by atoms with E-state index in [9.17, 15) is 9.59 Å². The van der Waals surface area contributed by atoms with E-state index in [0.717, 1.165) is 0 Å². The van der Waals surface area contributed by atoms with Gasteiger partial charge in [-0.15, -0.1) is 18.2 Å². The number of aliphatic carboxylic acids is 1. The molecule has 0 heterocycles. The maximum Gasteiger partial charge on any atom is 0.319 e. The van der Waals surface area contributed by atoms with E-state index < -0.39 is 11.4 Å². The largest absolute Gasteiger partial charge is 0.480 e. The van der Waals surface area contributed by atoms with Crippen LogP contribution >= 0.6 is 11.8 Å². The molecule has 1 amide bonds. The SMILES string of the molecule is C#CCSCCNC(=O)C1(C(=O)O)CC1. The number of nitrogens with one attached hydrogen (secondary N) is 1. The van der Waals surface area contributed by atoms with Gasteiger partial charge in [0.25, 0.3) is 0 Å². The van der Waals surface area contributed by atoms with Gasteiger partial charge in [-0.1, -0.05) is 5.92 Å². The minimum absolute atomic E-state index is 0.365. The Morgan fingerprint density at radius 3 is 2.67 bits per heavy atom. The smallest absolute Gasteiger partial charge is 0.319 e. The fourth-order valence-corrected chi connectivity index (χ4v) is 1.71. The number of hydrogen-bond acceptors (Lipinski definition) is 3. The molecule has 1 rings (SSSR count). The van der Waals surface area contributed by atoms with Crippen molar-refractivity contribution in [3.8, 4) is 12.3 Å². The summed E-state index contributed by atoms with van der Waals surface area (Å²) in [4.78, 5) is 22.2. The van der Waals surface area contributed by atoms with Crippen molar-refractivity contribution >= 4 is 23.6 Å². The molecule has 0 spiro atoms. The van der Waals surface area contributed by atoms with Gasteiger partial charge in [-0.05, 0) is 12.8 Å². The molecule has 0 aliphatic heterocycles. The number of hydrogen-bond donors (Lipinski definition) is 2. The maximum absolute atomic E-state index is 11.5. The molecule has 0 aromatic rings. The lowest BCUT2D eigenvalue weighted by atomic mass is 10.1. The molecule has 15 heavy (non-hydrogen) atoms. The molecule has 0 unspecified atom stereocenters. The van der Waals surface area contributed by atoms with Crippen LogP contribution in [0.2, 0.25) is 0 Å². The number of amides is 1. The predicted octanol–water partition coefficient (Wildman–Crippen LogP) is 0.334. The second kappa shape index (κ2) is 5.08. The molecule has 1 aliphatic carbocycles. The van der Waals surface area contributed by atoms with E-state index in [0.29, 0.717) is 30.9 Å². The monoisotopic (exact) mass is 227 g/mol. The average Bonchev–Trinajstić information content (AvgIpc) is 2.97. The first-order valence-corrected chi connectivity index (χ1v) is 5.82. The van der Waals surface area contributed by atoms with Crippen molar-refractivity contribution in [1.82, 2.24) is 5.32 Å². The second-order valence-corrected chi connectivity index (χ2v) is 4.51. The lowest BCUT2D eigenvalue weighted by molar-refractivity contribution is -0.148. The second-order valence-electron chi connectivity index (χ2n) is 3.40. The standard InChI is InChI=1S/C10H13NO3S/c1-2-6-15-7-5-11-8(12)10(3-4-10)9(13)14/h1H,3-7H2,(H,11,12)(H,13,14). The number of rotatable bonds is 6. The van der Waals surface area contributed by atoms with Crippen LogP contribution in [0.25, 0.3) is 0 Å².